The summed E-state index contributed by atoms with van der Waals surface area (Å²) in [5.41, 5.74) is 2.38. The van der Waals surface area contributed by atoms with E-state index in [-0.39, 0.29) is 5.97 Å². The van der Waals surface area contributed by atoms with Crippen molar-refractivity contribution in [2.24, 2.45) is 0 Å². The van der Waals surface area contributed by atoms with Gasteiger partial charge < -0.3 is 18.8 Å². The summed E-state index contributed by atoms with van der Waals surface area (Å²) in [6.07, 6.45) is -7.85. The van der Waals surface area contributed by atoms with Crippen LogP contribution in [0.15, 0.2) is 89.4 Å². The number of aromatic nitrogens is 4. The van der Waals surface area contributed by atoms with Crippen molar-refractivity contribution in [2.45, 2.75) is 90.9 Å². The maximum absolute atomic E-state index is 12.7. The van der Waals surface area contributed by atoms with E-state index in [2.05, 4.69) is 26.1 Å². The number of hydrogen-bond donors (Lipinski definition) is 0. The molecular formula is C44H46BBrF6N4O6. The lowest BCUT2D eigenvalue weighted by Crippen LogP contribution is -2.41. The van der Waals surface area contributed by atoms with E-state index in [1.54, 1.807) is 15.4 Å². The number of carbonyl (C=O) groups excluding carboxylic acids is 2. The topological polar surface area (TPSA) is 107 Å². The van der Waals surface area contributed by atoms with Crippen molar-refractivity contribution < 1.29 is 54.7 Å². The lowest BCUT2D eigenvalue weighted by Gasteiger charge is -2.32. The van der Waals surface area contributed by atoms with E-state index < -0.39 is 47.8 Å². The van der Waals surface area contributed by atoms with Gasteiger partial charge in [-0.25, -0.2) is 9.59 Å². The van der Waals surface area contributed by atoms with Crippen LogP contribution in [0.3, 0.4) is 0 Å². The van der Waals surface area contributed by atoms with Crippen LogP contribution in [0, 0.1) is 0 Å². The Morgan fingerprint density at radius 1 is 0.661 bits per heavy atom. The maximum atomic E-state index is 12.7. The van der Waals surface area contributed by atoms with Crippen molar-refractivity contribution in [3.8, 4) is 0 Å². The van der Waals surface area contributed by atoms with Gasteiger partial charge in [0.05, 0.1) is 47.6 Å². The van der Waals surface area contributed by atoms with Gasteiger partial charge in [0.1, 0.15) is 0 Å². The first-order valence-corrected chi connectivity index (χ1v) is 20.3. The number of aryl methyl sites for hydroxylation is 2. The zero-order valence-corrected chi connectivity index (χ0v) is 37.0. The van der Waals surface area contributed by atoms with Crippen molar-refractivity contribution >= 4 is 56.8 Å². The Morgan fingerprint density at radius 3 is 1.52 bits per heavy atom. The molecule has 1 aliphatic heterocycles. The number of ether oxygens (including phenoxy) is 2. The molecule has 3 heterocycles. The molecule has 330 valence electrons. The monoisotopic (exact) mass is 930 g/mol. The molecular weight excluding hydrogens is 885 g/mol. The molecule has 0 spiro atoms. The average Bonchev–Trinajstić information content (AvgIpc) is 3.86. The minimum Gasteiger partial charge on any atom is -0.464 e. The van der Waals surface area contributed by atoms with Crippen molar-refractivity contribution in [1.29, 1.82) is 0 Å². The number of methoxy groups -OCH3 is 2. The molecule has 1 aliphatic rings. The van der Waals surface area contributed by atoms with Crippen molar-refractivity contribution in [2.75, 3.05) is 14.2 Å². The Labute approximate surface area is 363 Å². The average molecular weight is 932 g/mol. The Bertz CT molecular complexity index is 2500. The second-order valence-corrected chi connectivity index (χ2v) is 16.1. The third-order valence-electron chi connectivity index (χ3n) is 10.6. The van der Waals surface area contributed by atoms with Gasteiger partial charge in [0.25, 0.3) is 0 Å². The summed E-state index contributed by atoms with van der Waals surface area (Å²) in [5, 5.41) is 10.2. The SMILES string of the molecule is CC1(C)OB(Cc2ccc(C(F)(F)F)cc2)OC1(C)C.CCn1nc2cccc(Br)c2c1C(=O)OC.CCn1nc2cccc(Cc3ccc(C(F)(F)F)cc3)c2c1C(=O)OC. The van der Waals surface area contributed by atoms with Crippen LogP contribution in [0.1, 0.15) is 90.3 Å². The summed E-state index contributed by atoms with van der Waals surface area (Å²) in [6, 6.07) is 21.2. The molecule has 0 amide bonds. The lowest BCUT2D eigenvalue weighted by molar-refractivity contribution is -0.138. The molecule has 0 bridgehead atoms. The molecule has 4 aromatic carbocycles. The summed E-state index contributed by atoms with van der Waals surface area (Å²) in [6.45, 7) is 12.7. The standard InChI is InChI=1S/C19H17F3N2O2.C14H18BF3O2.C11H11BrN2O2/c1-3-24-17(18(25)26-2)16-13(5-4-6-15(16)23-24)11-12-7-9-14(10-8-12)19(20,21)22;1-12(2)13(3,4)20-15(19-12)9-10-5-7-11(8-6-10)14(16,17)18;1-3-14-10(11(15)16-2)9-7(12)5-4-6-8(9)13-14/h4-10H,3,11H2,1-2H3;5-8H,9H2,1-4H3;4-6H,3H2,1-2H3. The van der Waals surface area contributed by atoms with E-state index in [0.717, 1.165) is 50.8 Å². The first-order valence-electron chi connectivity index (χ1n) is 19.5. The van der Waals surface area contributed by atoms with Gasteiger partial charge in [0, 0.05) is 34.7 Å². The van der Waals surface area contributed by atoms with Crippen LogP contribution in [-0.2, 0) is 57.0 Å². The molecule has 1 saturated heterocycles. The van der Waals surface area contributed by atoms with Crippen LogP contribution in [0.25, 0.3) is 21.8 Å². The first-order chi connectivity index (χ1) is 29.0. The van der Waals surface area contributed by atoms with Crippen LogP contribution < -0.4 is 0 Å². The predicted molar refractivity (Wildman–Crippen MR) is 227 cm³/mol. The number of halogens is 7. The molecule has 62 heavy (non-hydrogen) atoms. The highest BCUT2D eigenvalue weighted by Gasteiger charge is 2.50. The third-order valence-corrected chi connectivity index (χ3v) is 11.2. The number of fused-ring (bicyclic) bond motifs is 2. The van der Waals surface area contributed by atoms with Gasteiger partial charge in [-0.1, -0.05) is 58.4 Å². The van der Waals surface area contributed by atoms with Crippen LogP contribution in [0.5, 0.6) is 0 Å². The molecule has 0 aliphatic carbocycles. The van der Waals surface area contributed by atoms with Gasteiger partial charge >= 0.3 is 31.4 Å². The summed E-state index contributed by atoms with van der Waals surface area (Å²) in [5.74, 6) is -0.856. The van der Waals surface area contributed by atoms with Gasteiger partial charge in [-0.2, -0.15) is 36.5 Å². The largest absolute Gasteiger partial charge is 0.464 e. The quantitative estimate of drug-likeness (QED) is 0.0844. The molecule has 18 heteroatoms. The Kier molecular flexibility index (Phi) is 14.7. The molecule has 0 unspecified atom stereocenters. The van der Waals surface area contributed by atoms with Crippen LogP contribution in [-0.4, -0.2) is 64.0 Å². The minimum absolute atomic E-state index is 0.354. The highest BCUT2D eigenvalue weighted by molar-refractivity contribution is 9.10. The zero-order valence-electron chi connectivity index (χ0n) is 35.4. The van der Waals surface area contributed by atoms with E-state index in [0.29, 0.717) is 53.7 Å². The molecule has 1 fully saturated rings. The Morgan fingerprint density at radius 2 is 1.08 bits per heavy atom. The number of hydrogen-bond acceptors (Lipinski definition) is 8. The number of alkyl halides is 6. The van der Waals surface area contributed by atoms with E-state index in [1.807, 2.05) is 71.9 Å². The zero-order chi connectivity index (χ0) is 45.8. The predicted octanol–water partition coefficient (Wildman–Crippen LogP) is 10.9. The number of nitrogens with zero attached hydrogens (tertiary/aromatic N) is 4. The molecule has 6 aromatic rings. The van der Waals surface area contributed by atoms with Crippen molar-refractivity contribution in [3.05, 3.63) is 129 Å². The summed E-state index contributed by atoms with van der Waals surface area (Å²) in [7, 11) is 2.24. The molecule has 2 aromatic heterocycles. The van der Waals surface area contributed by atoms with Gasteiger partial charge in [-0.15, -0.1) is 0 Å². The first kappa shape index (κ1) is 47.8. The van der Waals surface area contributed by atoms with Crippen molar-refractivity contribution in [1.82, 2.24) is 19.6 Å². The number of benzene rings is 4. The highest BCUT2D eigenvalue weighted by atomic mass is 79.9. The number of rotatable bonds is 8. The molecule has 0 atom stereocenters. The molecule has 7 rings (SSSR count). The second-order valence-electron chi connectivity index (χ2n) is 15.2. The van der Waals surface area contributed by atoms with E-state index in [9.17, 15) is 35.9 Å². The summed E-state index contributed by atoms with van der Waals surface area (Å²) in [4.78, 5) is 23.9. The molecule has 0 radical (unpaired) electrons. The van der Waals surface area contributed by atoms with E-state index >= 15 is 0 Å². The highest BCUT2D eigenvalue weighted by Crippen LogP contribution is 2.38. The number of esters is 2. The fourth-order valence-corrected chi connectivity index (χ4v) is 7.25. The fourth-order valence-electron chi connectivity index (χ4n) is 6.71. The van der Waals surface area contributed by atoms with Gasteiger partial charge in [-0.3, -0.25) is 9.36 Å². The normalized spacial score (nSPS) is 14.5. The third kappa shape index (κ3) is 10.7. The molecule has 10 nitrogen and oxygen atoms in total. The van der Waals surface area contributed by atoms with Crippen LogP contribution in [0.2, 0.25) is 0 Å². The number of carbonyl (C=O) groups is 2. The Hall–Kier alpha value is -5.20. The smallest absolute Gasteiger partial charge is 0.462 e. The van der Waals surface area contributed by atoms with E-state index in [1.165, 1.54) is 38.5 Å². The summed E-state index contributed by atoms with van der Waals surface area (Å²) < 4.78 is 101. The molecule has 0 N–H and O–H groups in total. The second kappa shape index (κ2) is 19.0. The fraction of sp³-hybridized carbons (Fsp3) is 0.364. The van der Waals surface area contributed by atoms with Crippen molar-refractivity contribution in [3.63, 3.8) is 0 Å². The molecule has 0 saturated carbocycles. The summed E-state index contributed by atoms with van der Waals surface area (Å²) >= 11 is 3.43. The van der Waals surface area contributed by atoms with E-state index in [4.69, 9.17) is 18.8 Å². The van der Waals surface area contributed by atoms with Crippen LogP contribution in [0.4, 0.5) is 26.3 Å². The maximum Gasteiger partial charge on any atom is 0.462 e. The Balaban J connectivity index is 0.000000181. The van der Waals surface area contributed by atoms with Gasteiger partial charge in [-0.05, 0) is 107 Å². The van der Waals surface area contributed by atoms with Gasteiger partial charge in [0.15, 0.2) is 11.4 Å². The van der Waals surface area contributed by atoms with Gasteiger partial charge in [0.2, 0.25) is 0 Å². The minimum atomic E-state index is -4.36. The lowest BCUT2D eigenvalue weighted by atomic mass is 9.80. The van der Waals surface area contributed by atoms with Crippen LogP contribution >= 0.6 is 15.9 Å².